The zero-order chi connectivity index (χ0) is 39.6. The molecule has 6 heterocycles. The Balaban J connectivity index is 0.955. The van der Waals surface area contributed by atoms with Crippen LogP contribution in [0.3, 0.4) is 0 Å². The van der Waals surface area contributed by atoms with Crippen LogP contribution in [0, 0.1) is 0 Å². The average molecular weight is 770 g/mol. The maximum absolute atomic E-state index is 6.09. The number of hydrogen-bond acceptors (Lipinski definition) is 8. The van der Waals surface area contributed by atoms with Crippen LogP contribution in [0.4, 0.5) is 17.1 Å². The van der Waals surface area contributed by atoms with Gasteiger partial charge in [-0.1, -0.05) is 66.7 Å². The second kappa shape index (κ2) is 13.6. The summed E-state index contributed by atoms with van der Waals surface area (Å²) in [6, 6.07) is 54.9. The van der Waals surface area contributed by atoms with E-state index in [4.69, 9.17) is 19.4 Å². The van der Waals surface area contributed by atoms with Crippen molar-refractivity contribution in [2.45, 2.75) is 0 Å². The third-order valence-corrected chi connectivity index (χ3v) is 11.3. The number of para-hydroxylation sites is 1. The number of anilines is 3. The number of pyridine rings is 4. The van der Waals surface area contributed by atoms with Crippen LogP contribution >= 0.6 is 0 Å². The molecule has 0 fully saturated rings. The van der Waals surface area contributed by atoms with E-state index in [1.54, 1.807) is 6.33 Å². The highest BCUT2D eigenvalue weighted by Crippen LogP contribution is 2.41. The van der Waals surface area contributed by atoms with Gasteiger partial charge < -0.3 is 9.32 Å². The van der Waals surface area contributed by atoms with Crippen LogP contribution in [0.25, 0.3) is 99.2 Å². The molecule has 8 heteroatoms. The second-order valence-electron chi connectivity index (χ2n) is 14.9. The van der Waals surface area contributed by atoms with E-state index in [1.807, 2.05) is 67.3 Å². The molecule has 60 heavy (non-hydrogen) atoms. The molecule has 12 aromatic rings. The Morgan fingerprint density at radius 3 is 1.58 bits per heavy atom. The fourth-order valence-electron chi connectivity index (χ4n) is 8.30. The van der Waals surface area contributed by atoms with E-state index in [0.29, 0.717) is 5.71 Å². The number of furan rings is 1. The first kappa shape index (κ1) is 33.7. The monoisotopic (exact) mass is 769 g/mol. The van der Waals surface area contributed by atoms with E-state index in [2.05, 4.69) is 135 Å². The Kier molecular flexibility index (Phi) is 7.67. The maximum Gasteiger partial charge on any atom is 0.230 e. The van der Waals surface area contributed by atoms with Crippen LogP contribution in [-0.4, -0.2) is 29.9 Å². The standard InChI is InChI=1S/C52H31N7O/c1-2-8-49-44(7-1)50-51(57-31-58-52(50)60-49)32-13-17-41(18-14-32)59(42-19-15-33-23-37(11-9-35(33)25-42)45-27-47-39(29-55-45)5-3-21-53-47)43-20-16-34-24-38(12-10-36(34)26-43)46-28-48-40(30-56-46)6-4-22-54-48/h1-31H. The number of nitrogens with zero attached hydrogens (tertiary/aromatic N) is 7. The molecule has 0 aliphatic rings. The van der Waals surface area contributed by atoms with E-state index in [-0.39, 0.29) is 0 Å². The molecule has 0 bridgehead atoms. The molecule has 12 rings (SSSR count). The molecule has 0 saturated heterocycles. The molecule has 6 aromatic carbocycles. The molecule has 0 unspecified atom stereocenters. The number of aromatic nitrogens is 6. The topological polar surface area (TPSA) is 93.7 Å². The van der Waals surface area contributed by atoms with Crippen molar-refractivity contribution in [3.05, 3.63) is 189 Å². The van der Waals surface area contributed by atoms with Gasteiger partial charge in [-0.25, -0.2) is 9.97 Å². The lowest BCUT2D eigenvalue weighted by Crippen LogP contribution is -2.10. The molecule has 0 saturated carbocycles. The quantitative estimate of drug-likeness (QED) is 0.165. The third kappa shape index (κ3) is 5.77. The summed E-state index contributed by atoms with van der Waals surface area (Å²) < 4.78 is 6.09. The van der Waals surface area contributed by atoms with Gasteiger partial charge in [0.15, 0.2) is 0 Å². The highest BCUT2D eigenvalue weighted by molar-refractivity contribution is 6.10. The van der Waals surface area contributed by atoms with Crippen molar-refractivity contribution in [2.24, 2.45) is 0 Å². The minimum Gasteiger partial charge on any atom is -0.438 e. The normalized spacial score (nSPS) is 11.7. The summed E-state index contributed by atoms with van der Waals surface area (Å²) in [5.41, 5.74) is 12.0. The maximum atomic E-state index is 6.09. The lowest BCUT2D eigenvalue weighted by Gasteiger charge is -2.26. The number of fused-ring (bicyclic) bond motifs is 7. The summed E-state index contributed by atoms with van der Waals surface area (Å²) in [6.45, 7) is 0. The summed E-state index contributed by atoms with van der Waals surface area (Å²) in [6.07, 6.45) is 8.98. The highest BCUT2D eigenvalue weighted by Gasteiger charge is 2.18. The Hall–Kier alpha value is -8.36. The Morgan fingerprint density at radius 1 is 0.400 bits per heavy atom. The van der Waals surface area contributed by atoms with Gasteiger partial charge in [0.1, 0.15) is 11.9 Å². The van der Waals surface area contributed by atoms with Crippen molar-refractivity contribution in [2.75, 3.05) is 4.90 Å². The molecule has 6 aromatic heterocycles. The summed E-state index contributed by atoms with van der Waals surface area (Å²) in [4.78, 5) is 30.1. The van der Waals surface area contributed by atoms with E-state index in [9.17, 15) is 0 Å². The summed E-state index contributed by atoms with van der Waals surface area (Å²) in [7, 11) is 0. The predicted molar refractivity (Wildman–Crippen MR) is 242 cm³/mol. The zero-order valence-electron chi connectivity index (χ0n) is 31.9. The van der Waals surface area contributed by atoms with Gasteiger partial charge in [-0.3, -0.25) is 19.9 Å². The summed E-state index contributed by atoms with van der Waals surface area (Å²) >= 11 is 0. The van der Waals surface area contributed by atoms with Crippen molar-refractivity contribution >= 4 is 82.5 Å². The van der Waals surface area contributed by atoms with E-state index in [1.165, 1.54) is 0 Å². The second-order valence-corrected chi connectivity index (χ2v) is 14.9. The van der Waals surface area contributed by atoms with Gasteiger partial charge in [0.2, 0.25) is 5.71 Å². The van der Waals surface area contributed by atoms with Crippen LogP contribution in [0.5, 0.6) is 0 Å². The van der Waals surface area contributed by atoms with Gasteiger partial charge in [0.25, 0.3) is 0 Å². The minimum atomic E-state index is 0.576. The molecular weight excluding hydrogens is 739 g/mol. The molecule has 0 amide bonds. The molecule has 0 aliphatic heterocycles. The first-order valence-corrected chi connectivity index (χ1v) is 19.7. The van der Waals surface area contributed by atoms with E-state index >= 15 is 0 Å². The van der Waals surface area contributed by atoms with Crippen LogP contribution in [0.2, 0.25) is 0 Å². The summed E-state index contributed by atoms with van der Waals surface area (Å²) in [5, 5.41) is 8.43. The van der Waals surface area contributed by atoms with Gasteiger partial charge in [-0.05, 0) is 113 Å². The van der Waals surface area contributed by atoms with Crippen molar-refractivity contribution < 1.29 is 4.42 Å². The summed E-state index contributed by atoms with van der Waals surface area (Å²) in [5.74, 6) is 0. The number of hydrogen-bond donors (Lipinski definition) is 0. The van der Waals surface area contributed by atoms with Crippen molar-refractivity contribution in [3.63, 3.8) is 0 Å². The molecule has 0 aliphatic carbocycles. The molecule has 0 N–H and O–H groups in total. The molecule has 280 valence electrons. The van der Waals surface area contributed by atoms with Gasteiger partial charge >= 0.3 is 0 Å². The van der Waals surface area contributed by atoms with Crippen LogP contribution < -0.4 is 4.90 Å². The van der Waals surface area contributed by atoms with E-state index < -0.39 is 0 Å². The molecular formula is C52H31N7O. The first-order valence-electron chi connectivity index (χ1n) is 19.7. The first-order chi connectivity index (χ1) is 29.7. The van der Waals surface area contributed by atoms with Crippen LogP contribution in [0.15, 0.2) is 193 Å². The van der Waals surface area contributed by atoms with Crippen LogP contribution in [0.1, 0.15) is 0 Å². The van der Waals surface area contributed by atoms with Crippen LogP contribution in [-0.2, 0) is 0 Å². The molecule has 8 nitrogen and oxygen atoms in total. The van der Waals surface area contributed by atoms with E-state index in [0.717, 1.165) is 111 Å². The highest BCUT2D eigenvalue weighted by atomic mass is 16.3. The van der Waals surface area contributed by atoms with Crippen molar-refractivity contribution in [1.29, 1.82) is 0 Å². The SMILES string of the molecule is c1cnc2cc(-c3ccc4cc(N(c5ccc(-c6ncnc7oc8ccccc8c67)cc5)c5ccc6cc(-c7cc8ncccc8cn7)ccc6c5)ccc4c3)ncc2c1. The third-order valence-electron chi connectivity index (χ3n) is 11.3. The Morgan fingerprint density at radius 2 is 0.950 bits per heavy atom. The number of rotatable bonds is 6. The average Bonchev–Trinajstić information content (AvgIpc) is 3.70. The lowest BCUT2D eigenvalue weighted by molar-refractivity contribution is 0.653. The smallest absolute Gasteiger partial charge is 0.230 e. The molecule has 0 spiro atoms. The zero-order valence-corrected chi connectivity index (χ0v) is 31.9. The fourth-order valence-corrected chi connectivity index (χ4v) is 8.30. The Bertz CT molecular complexity index is 3480. The van der Waals surface area contributed by atoms with Gasteiger partial charge in [-0.2, -0.15) is 0 Å². The minimum absolute atomic E-state index is 0.576. The Labute approximate surface area is 343 Å². The molecule has 0 radical (unpaired) electrons. The molecule has 0 atom stereocenters. The van der Waals surface area contributed by atoms with Gasteiger partial charge in [0, 0.05) is 74.7 Å². The lowest BCUT2D eigenvalue weighted by atomic mass is 10.0. The largest absolute Gasteiger partial charge is 0.438 e. The van der Waals surface area contributed by atoms with Gasteiger partial charge in [0.05, 0.1) is 33.5 Å². The van der Waals surface area contributed by atoms with Crippen molar-refractivity contribution in [1.82, 2.24) is 29.9 Å². The van der Waals surface area contributed by atoms with Gasteiger partial charge in [-0.15, -0.1) is 0 Å². The predicted octanol–water partition coefficient (Wildman–Crippen LogP) is 13.0. The fraction of sp³-hybridized carbons (Fsp3) is 0. The number of benzene rings is 6. The van der Waals surface area contributed by atoms with Crippen molar-refractivity contribution in [3.8, 4) is 33.8 Å².